The molecule has 0 spiro atoms. The lowest BCUT2D eigenvalue weighted by atomic mass is 10.1. The number of rotatable bonds is 5. The van der Waals surface area contributed by atoms with Crippen molar-refractivity contribution < 1.29 is 9.32 Å². The molecule has 7 heteroatoms. The molecule has 4 rings (SSSR count). The third kappa shape index (κ3) is 3.72. The molecule has 0 bridgehead atoms. The maximum atomic E-state index is 12.9. The summed E-state index contributed by atoms with van der Waals surface area (Å²) in [5, 5.41) is 4.08. The molecule has 1 unspecified atom stereocenters. The molecule has 7 nitrogen and oxygen atoms in total. The molecule has 0 N–H and O–H groups in total. The van der Waals surface area contributed by atoms with Crippen LogP contribution in [0.1, 0.15) is 41.1 Å². The Balaban J connectivity index is 1.41. The van der Waals surface area contributed by atoms with Gasteiger partial charge in [0.05, 0.1) is 5.56 Å². The van der Waals surface area contributed by atoms with E-state index >= 15 is 0 Å². The molecule has 0 aromatic carbocycles. The molecule has 0 aliphatic carbocycles. The predicted octanol–water partition coefficient (Wildman–Crippen LogP) is 3.07. The van der Waals surface area contributed by atoms with Crippen LogP contribution < -0.4 is 0 Å². The van der Waals surface area contributed by atoms with Crippen molar-refractivity contribution in [1.82, 2.24) is 25.0 Å². The summed E-state index contributed by atoms with van der Waals surface area (Å²) in [6.07, 6.45) is 8.62. The first-order valence-electron chi connectivity index (χ1n) is 9.18. The number of nitrogens with zero attached hydrogens (tertiary/aromatic N) is 5. The number of carbonyl (C=O) groups is 1. The molecule has 1 amide bonds. The van der Waals surface area contributed by atoms with Crippen LogP contribution in [0.25, 0.3) is 11.5 Å². The molecule has 0 radical (unpaired) electrons. The summed E-state index contributed by atoms with van der Waals surface area (Å²) in [6.45, 7) is 2.66. The molecule has 0 saturated carbocycles. The Morgan fingerprint density at radius 3 is 2.93 bits per heavy atom. The molecular weight excluding hydrogens is 342 g/mol. The fourth-order valence-electron chi connectivity index (χ4n) is 3.53. The number of likely N-dealkylation sites (tertiary alicyclic amines) is 1. The van der Waals surface area contributed by atoms with Gasteiger partial charge in [0.2, 0.25) is 0 Å². The summed E-state index contributed by atoms with van der Waals surface area (Å²) >= 11 is 0. The van der Waals surface area contributed by atoms with E-state index in [2.05, 4.69) is 20.1 Å². The van der Waals surface area contributed by atoms with E-state index in [1.807, 2.05) is 36.1 Å². The third-order valence-electron chi connectivity index (χ3n) is 4.97. The van der Waals surface area contributed by atoms with Gasteiger partial charge in [-0.1, -0.05) is 5.16 Å². The van der Waals surface area contributed by atoms with E-state index < -0.39 is 0 Å². The summed E-state index contributed by atoms with van der Waals surface area (Å²) in [6, 6.07) is 7.53. The molecule has 138 valence electrons. The highest BCUT2D eigenvalue weighted by Crippen LogP contribution is 2.25. The largest absolute Gasteiger partial charge is 0.336 e. The predicted molar refractivity (Wildman–Crippen MR) is 98.9 cm³/mol. The second kappa shape index (κ2) is 7.65. The van der Waals surface area contributed by atoms with Crippen LogP contribution in [0.5, 0.6) is 0 Å². The van der Waals surface area contributed by atoms with Crippen molar-refractivity contribution in [2.45, 2.75) is 38.6 Å². The van der Waals surface area contributed by atoms with Gasteiger partial charge in [-0.15, -0.1) is 0 Å². The van der Waals surface area contributed by atoms with Crippen LogP contribution in [0.2, 0.25) is 0 Å². The molecular formula is C20H21N5O2. The maximum absolute atomic E-state index is 12.9. The standard InChI is InChI=1S/C20H21N5O2/c1-14-17(5-2-10-22-14)20(26)25-13-3-4-16(25)6-7-18-23-19(27-24-18)15-8-11-21-12-9-15/h2,5,8-12,16H,3-4,6-7,13H2,1H3. The summed E-state index contributed by atoms with van der Waals surface area (Å²) in [5.41, 5.74) is 2.31. The summed E-state index contributed by atoms with van der Waals surface area (Å²) in [7, 11) is 0. The van der Waals surface area contributed by atoms with Crippen molar-refractivity contribution in [2.24, 2.45) is 0 Å². The Hall–Kier alpha value is -3.09. The Morgan fingerprint density at radius 2 is 2.11 bits per heavy atom. The fourth-order valence-corrected chi connectivity index (χ4v) is 3.53. The highest BCUT2D eigenvalue weighted by atomic mass is 16.5. The molecule has 1 aliphatic heterocycles. The highest BCUT2D eigenvalue weighted by molar-refractivity contribution is 5.95. The van der Waals surface area contributed by atoms with Crippen LogP contribution in [-0.2, 0) is 6.42 Å². The zero-order valence-electron chi connectivity index (χ0n) is 15.2. The van der Waals surface area contributed by atoms with E-state index in [0.29, 0.717) is 23.7 Å². The zero-order valence-corrected chi connectivity index (χ0v) is 15.2. The quantitative estimate of drug-likeness (QED) is 0.692. The lowest BCUT2D eigenvalue weighted by molar-refractivity contribution is 0.0729. The molecule has 3 aromatic rings. The van der Waals surface area contributed by atoms with Crippen LogP contribution in [0, 0.1) is 6.92 Å². The van der Waals surface area contributed by atoms with Crippen molar-refractivity contribution in [3.63, 3.8) is 0 Å². The maximum Gasteiger partial charge on any atom is 0.258 e. The van der Waals surface area contributed by atoms with Crippen LogP contribution >= 0.6 is 0 Å². The smallest absolute Gasteiger partial charge is 0.258 e. The molecule has 1 saturated heterocycles. The van der Waals surface area contributed by atoms with Gasteiger partial charge in [-0.2, -0.15) is 4.98 Å². The van der Waals surface area contributed by atoms with Gasteiger partial charge in [-0.05, 0) is 50.5 Å². The molecule has 1 atom stereocenters. The van der Waals surface area contributed by atoms with Gasteiger partial charge in [-0.3, -0.25) is 14.8 Å². The number of aryl methyl sites for hydroxylation is 2. The van der Waals surface area contributed by atoms with Gasteiger partial charge in [0.15, 0.2) is 5.82 Å². The van der Waals surface area contributed by atoms with Gasteiger partial charge >= 0.3 is 0 Å². The first-order chi connectivity index (χ1) is 13.2. The summed E-state index contributed by atoms with van der Waals surface area (Å²) in [4.78, 5) is 27.6. The topological polar surface area (TPSA) is 85.0 Å². The highest BCUT2D eigenvalue weighted by Gasteiger charge is 2.30. The molecule has 27 heavy (non-hydrogen) atoms. The Labute approximate surface area is 157 Å². The van der Waals surface area contributed by atoms with E-state index in [-0.39, 0.29) is 11.9 Å². The van der Waals surface area contributed by atoms with Gasteiger partial charge in [-0.25, -0.2) is 0 Å². The van der Waals surface area contributed by atoms with Gasteiger partial charge in [0, 0.05) is 48.9 Å². The minimum absolute atomic E-state index is 0.0636. The molecule has 1 aliphatic rings. The second-order valence-electron chi connectivity index (χ2n) is 6.72. The number of hydrogen-bond donors (Lipinski definition) is 0. The van der Waals surface area contributed by atoms with Crippen LogP contribution in [0.3, 0.4) is 0 Å². The Kier molecular flexibility index (Phi) is 4.91. The number of carbonyl (C=O) groups excluding carboxylic acids is 1. The number of aromatic nitrogens is 4. The fraction of sp³-hybridized carbons (Fsp3) is 0.350. The van der Waals surface area contributed by atoms with E-state index in [0.717, 1.165) is 37.1 Å². The molecule has 3 aromatic heterocycles. The van der Waals surface area contributed by atoms with E-state index in [4.69, 9.17) is 4.52 Å². The SMILES string of the molecule is Cc1ncccc1C(=O)N1CCCC1CCc1noc(-c2ccncc2)n1. The average Bonchev–Trinajstić information content (AvgIpc) is 3.36. The minimum atomic E-state index is 0.0636. The minimum Gasteiger partial charge on any atom is -0.336 e. The second-order valence-corrected chi connectivity index (χ2v) is 6.72. The van der Waals surface area contributed by atoms with Crippen molar-refractivity contribution >= 4 is 5.91 Å². The molecule has 4 heterocycles. The van der Waals surface area contributed by atoms with Crippen LogP contribution in [0.15, 0.2) is 47.4 Å². The normalized spacial score (nSPS) is 16.6. The van der Waals surface area contributed by atoms with Crippen molar-refractivity contribution in [1.29, 1.82) is 0 Å². The first kappa shape index (κ1) is 17.3. The number of amides is 1. The number of pyridine rings is 2. The van der Waals surface area contributed by atoms with Crippen LogP contribution in [-0.4, -0.2) is 43.5 Å². The van der Waals surface area contributed by atoms with Crippen molar-refractivity contribution in [3.8, 4) is 11.5 Å². The average molecular weight is 363 g/mol. The lowest BCUT2D eigenvalue weighted by Gasteiger charge is -2.25. The number of hydrogen-bond acceptors (Lipinski definition) is 6. The van der Waals surface area contributed by atoms with E-state index in [1.54, 1.807) is 18.6 Å². The summed E-state index contributed by atoms with van der Waals surface area (Å²) in [5.74, 6) is 1.23. The van der Waals surface area contributed by atoms with Crippen LogP contribution in [0.4, 0.5) is 0 Å². The Morgan fingerprint density at radius 1 is 1.26 bits per heavy atom. The molecule has 1 fully saturated rings. The lowest BCUT2D eigenvalue weighted by Crippen LogP contribution is -2.36. The van der Waals surface area contributed by atoms with Gasteiger partial charge < -0.3 is 9.42 Å². The van der Waals surface area contributed by atoms with Gasteiger partial charge in [0.25, 0.3) is 11.8 Å². The van der Waals surface area contributed by atoms with Crippen molar-refractivity contribution in [3.05, 3.63) is 59.9 Å². The zero-order chi connectivity index (χ0) is 18.6. The summed E-state index contributed by atoms with van der Waals surface area (Å²) < 4.78 is 5.35. The Bertz CT molecular complexity index is 925. The third-order valence-corrected chi connectivity index (χ3v) is 4.97. The van der Waals surface area contributed by atoms with E-state index in [9.17, 15) is 4.79 Å². The first-order valence-corrected chi connectivity index (χ1v) is 9.18. The van der Waals surface area contributed by atoms with Gasteiger partial charge in [0.1, 0.15) is 0 Å². The van der Waals surface area contributed by atoms with Crippen molar-refractivity contribution in [2.75, 3.05) is 6.54 Å². The van der Waals surface area contributed by atoms with E-state index in [1.165, 1.54) is 0 Å². The monoisotopic (exact) mass is 363 g/mol.